The number of nitrogen functional groups attached to an aromatic ring is 1. The highest BCUT2D eigenvalue weighted by Gasteiger charge is 2.13. The summed E-state index contributed by atoms with van der Waals surface area (Å²) >= 11 is 6.07. The number of para-hydroxylation sites is 1. The topological polar surface area (TPSA) is 64.3 Å². The first kappa shape index (κ1) is 15.4. The molecule has 110 valence electrons. The highest BCUT2D eigenvalue weighted by atomic mass is 35.5. The first-order valence-corrected chi connectivity index (χ1v) is 6.93. The molecule has 21 heavy (non-hydrogen) atoms. The molecule has 0 saturated carbocycles. The summed E-state index contributed by atoms with van der Waals surface area (Å²) in [6, 6.07) is 12.6. The Labute approximate surface area is 128 Å². The maximum atomic E-state index is 12.3. The molecule has 0 aliphatic rings. The maximum Gasteiger partial charge on any atom is 0.257 e. The van der Waals surface area contributed by atoms with Crippen molar-refractivity contribution in [1.82, 2.24) is 0 Å². The van der Waals surface area contributed by atoms with E-state index in [9.17, 15) is 4.79 Å². The molecule has 0 saturated heterocycles. The van der Waals surface area contributed by atoms with Crippen molar-refractivity contribution in [2.45, 2.75) is 6.42 Å². The fourth-order valence-electron chi connectivity index (χ4n) is 1.99. The van der Waals surface area contributed by atoms with Crippen LogP contribution in [0.1, 0.15) is 15.9 Å². The van der Waals surface area contributed by atoms with Crippen LogP contribution in [0.5, 0.6) is 0 Å². The van der Waals surface area contributed by atoms with Crippen LogP contribution in [0.3, 0.4) is 0 Å². The molecule has 0 heterocycles. The van der Waals surface area contributed by atoms with Gasteiger partial charge in [0.05, 0.1) is 22.9 Å². The van der Waals surface area contributed by atoms with Gasteiger partial charge < -0.3 is 15.8 Å². The molecule has 0 aromatic heterocycles. The van der Waals surface area contributed by atoms with Gasteiger partial charge in [0.2, 0.25) is 0 Å². The van der Waals surface area contributed by atoms with Crippen molar-refractivity contribution < 1.29 is 9.53 Å². The van der Waals surface area contributed by atoms with Gasteiger partial charge in [-0.05, 0) is 30.2 Å². The van der Waals surface area contributed by atoms with E-state index < -0.39 is 0 Å². The fourth-order valence-corrected chi connectivity index (χ4v) is 2.20. The van der Waals surface area contributed by atoms with Gasteiger partial charge in [-0.1, -0.05) is 35.9 Å². The SMILES string of the molecule is COCCc1ccccc1NC(=O)c1cccc(N)c1Cl. The summed E-state index contributed by atoms with van der Waals surface area (Å²) in [6.45, 7) is 0.589. The van der Waals surface area contributed by atoms with Crippen molar-refractivity contribution in [1.29, 1.82) is 0 Å². The number of anilines is 2. The lowest BCUT2D eigenvalue weighted by Gasteiger charge is -2.12. The van der Waals surface area contributed by atoms with Crippen molar-refractivity contribution in [2.24, 2.45) is 0 Å². The zero-order valence-corrected chi connectivity index (χ0v) is 12.5. The smallest absolute Gasteiger partial charge is 0.257 e. The highest BCUT2D eigenvalue weighted by molar-refractivity contribution is 6.36. The molecule has 1 amide bonds. The summed E-state index contributed by atoms with van der Waals surface area (Å²) in [5, 5.41) is 3.14. The van der Waals surface area contributed by atoms with E-state index in [1.165, 1.54) is 0 Å². The molecule has 4 nitrogen and oxygen atoms in total. The molecule has 0 aliphatic carbocycles. The molecule has 2 aromatic carbocycles. The summed E-state index contributed by atoms with van der Waals surface area (Å²) in [5.41, 5.74) is 8.22. The summed E-state index contributed by atoms with van der Waals surface area (Å²) < 4.78 is 5.07. The van der Waals surface area contributed by atoms with Crippen molar-refractivity contribution >= 4 is 28.9 Å². The standard InChI is InChI=1S/C16H17ClN2O2/c1-21-10-9-11-5-2-3-8-14(11)19-16(20)12-6-4-7-13(18)15(12)17/h2-8H,9-10,18H2,1H3,(H,19,20). The van der Waals surface area contributed by atoms with Crippen LogP contribution in [0, 0.1) is 0 Å². The molecule has 0 aliphatic heterocycles. The van der Waals surface area contributed by atoms with E-state index >= 15 is 0 Å². The first-order valence-electron chi connectivity index (χ1n) is 6.55. The zero-order chi connectivity index (χ0) is 15.2. The van der Waals surface area contributed by atoms with E-state index in [0.29, 0.717) is 17.9 Å². The van der Waals surface area contributed by atoms with Crippen LogP contribution in [0.25, 0.3) is 0 Å². The molecule has 0 radical (unpaired) electrons. The molecule has 2 rings (SSSR count). The number of methoxy groups -OCH3 is 1. The van der Waals surface area contributed by atoms with E-state index in [4.69, 9.17) is 22.1 Å². The third-order valence-corrected chi connectivity index (χ3v) is 3.54. The van der Waals surface area contributed by atoms with Crippen LogP contribution in [0.2, 0.25) is 5.02 Å². The van der Waals surface area contributed by atoms with E-state index in [1.54, 1.807) is 25.3 Å². The molecule has 0 atom stereocenters. The van der Waals surface area contributed by atoms with E-state index in [1.807, 2.05) is 24.3 Å². The zero-order valence-electron chi connectivity index (χ0n) is 11.7. The Morgan fingerprint density at radius 3 is 2.76 bits per heavy atom. The number of nitrogens with one attached hydrogen (secondary N) is 1. The van der Waals surface area contributed by atoms with Gasteiger partial charge in [0.1, 0.15) is 0 Å². The average Bonchev–Trinajstić information content (AvgIpc) is 2.49. The highest BCUT2D eigenvalue weighted by Crippen LogP contribution is 2.24. The van der Waals surface area contributed by atoms with Gasteiger partial charge in [-0.3, -0.25) is 4.79 Å². The van der Waals surface area contributed by atoms with Crippen molar-refractivity contribution in [3.63, 3.8) is 0 Å². The molecule has 2 aromatic rings. The number of hydrogen-bond acceptors (Lipinski definition) is 3. The molecule has 5 heteroatoms. The van der Waals surface area contributed by atoms with Crippen LogP contribution in [-0.2, 0) is 11.2 Å². The van der Waals surface area contributed by atoms with Crippen molar-refractivity contribution in [2.75, 3.05) is 24.8 Å². The minimum Gasteiger partial charge on any atom is -0.398 e. The second-order valence-corrected chi connectivity index (χ2v) is 4.94. The normalized spacial score (nSPS) is 10.4. The Kier molecular flexibility index (Phi) is 5.20. The second-order valence-electron chi connectivity index (χ2n) is 4.56. The number of benzene rings is 2. The Morgan fingerprint density at radius 2 is 2.00 bits per heavy atom. The second kappa shape index (κ2) is 7.11. The van der Waals surface area contributed by atoms with Gasteiger partial charge in [0.25, 0.3) is 5.91 Å². The van der Waals surface area contributed by atoms with Crippen LogP contribution < -0.4 is 11.1 Å². The molecule has 0 fully saturated rings. The van der Waals surface area contributed by atoms with Gasteiger partial charge in [-0.25, -0.2) is 0 Å². The lowest BCUT2D eigenvalue weighted by Crippen LogP contribution is -2.14. The van der Waals surface area contributed by atoms with Gasteiger partial charge in [-0.2, -0.15) is 0 Å². The minimum absolute atomic E-state index is 0.268. The molecule has 0 unspecified atom stereocenters. The number of carbonyl (C=O) groups is 1. The number of rotatable bonds is 5. The first-order chi connectivity index (χ1) is 10.1. The van der Waals surface area contributed by atoms with Crippen LogP contribution in [0.4, 0.5) is 11.4 Å². The monoisotopic (exact) mass is 304 g/mol. The van der Waals surface area contributed by atoms with E-state index in [0.717, 1.165) is 17.7 Å². The summed E-state index contributed by atoms with van der Waals surface area (Å²) in [6.07, 6.45) is 0.720. The average molecular weight is 305 g/mol. The third kappa shape index (κ3) is 3.74. The number of ether oxygens (including phenoxy) is 1. The molecular formula is C16H17ClN2O2. The predicted octanol–water partition coefficient (Wildman–Crippen LogP) is 3.36. The van der Waals surface area contributed by atoms with Gasteiger partial charge >= 0.3 is 0 Å². The lowest BCUT2D eigenvalue weighted by atomic mass is 10.1. The van der Waals surface area contributed by atoms with Gasteiger partial charge in [-0.15, -0.1) is 0 Å². The van der Waals surface area contributed by atoms with Crippen LogP contribution in [-0.4, -0.2) is 19.6 Å². The number of nitrogens with two attached hydrogens (primary N) is 1. The minimum atomic E-state index is -0.280. The third-order valence-electron chi connectivity index (χ3n) is 3.11. The van der Waals surface area contributed by atoms with Crippen LogP contribution >= 0.6 is 11.6 Å². The number of carbonyl (C=O) groups excluding carboxylic acids is 1. The predicted molar refractivity (Wildman–Crippen MR) is 85.8 cm³/mol. The molecular weight excluding hydrogens is 288 g/mol. The molecule has 0 bridgehead atoms. The molecule has 3 N–H and O–H groups in total. The Bertz CT molecular complexity index is 644. The Morgan fingerprint density at radius 1 is 1.24 bits per heavy atom. The number of amides is 1. The lowest BCUT2D eigenvalue weighted by molar-refractivity contribution is 0.102. The quantitative estimate of drug-likeness (QED) is 0.832. The fraction of sp³-hybridized carbons (Fsp3) is 0.188. The van der Waals surface area contributed by atoms with Crippen molar-refractivity contribution in [3.05, 3.63) is 58.6 Å². The maximum absolute atomic E-state index is 12.3. The van der Waals surface area contributed by atoms with Crippen LogP contribution in [0.15, 0.2) is 42.5 Å². The van der Waals surface area contributed by atoms with E-state index in [-0.39, 0.29) is 10.9 Å². The van der Waals surface area contributed by atoms with Crippen molar-refractivity contribution in [3.8, 4) is 0 Å². The number of halogens is 1. The Hall–Kier alpha value is -2.04. The number of hydrogen-bond donors (Lipinski definition) is 2. The van der Waals surface area contributed by atoms with Gasteiger partial charge in [0.15, 0.2) is 0 Å². The van der Waals surface area contributed by atoms with E-state index in [2.05, 4.69) is 5.32 Å². The summed E-state index contributed by atoms with van der Waals surface area (Å²) in [4.78, 5) is 12.3. The molecule has 0 spiro atoms. The summed E-state index contributed by atoms with van der Waals surface area (Å²) in [7, 11) is 1.65. The largest absolute Gasteiger partial charge is 0.398 e. The Balaban J connectivity index is 2.22. The van der Waals surface area contributed by atoms with Gasteiger partial charge in [0, 0.05) is 12.8 Å². The summed E-state index contributed by atoms with van der Waals surface area (Å²) in [5.74, 6) is -0.280.